The number of benzene rings is 2. The van der Waals surface area contributed by atoms with Crippen molar-refractivity contribution in [2.75, 3.05) is 13.3 Å². The van der Waals surface area contributed by atoms with E-state index in [0.29, 0.717) is 15.0 Å². The molecule has 0 bridgehead atoms. The fourth-order valence-electron chi connectivity index (χ4n) is 3.34. The van der Waals surface area contributed by atoms with Gasteiger partial charge in [-0.25, -0.2) is 16.8 Å². The molecule has 1 aliphatic rings. The molecule has 1 heterocycles. The van der Waals surface area contributed by atoms with Crippen LogP contribution in [0.15, 0.2) is 57.2 Å². The first-order chi connectivity index (χ1) is 15.5. The van der Waals surface area contributed by atoms with Crippen LogP contribution in [0.1, 0.15) is 23.2 Å². The van der Waals surface area contributed by atoms with E-state index in [1.807, 2.05) is 0 Å². The summed E-state index contributed by atoms with van der Waals surface area (Å²) in [6.45, 7) is 0.148. The predicted octanol–water partition coefficient (Wildman–Crippen LogP) is 2.26. The lowest BCUT2D eigenvalue weighted by atomic mass is 10.2. The maximum atomic E-state index is 12.8. The van der Waals surface area contributed by atoms with Crippen LogP contribution in [-0.4, -0.2) is 51.0 Å². The molecular weight excluding hydrogens is 482 g/mol. The van der Waals surface area contributed by atoms with E-state index in [4.69, 9.17) is 6.42 Å². The molecule has 0 saturated heterocycles. The molecule has 0 radical (unpaired) electrons. The van der Waals surface area contributed by atoms with E-state index in [9.17, 15) is 21.6 Å². The van der Waals surface area contributed by atoms with Gasteiger partial charge in [0.05, 0.1) is 26.6 Å². The molecule has 1 saturated carbocycles. The van der Waals surface area contributed by atoms with Gasteiger partial charge in [-0.15, -0.1) is 6.42 Å². The van der Waals surface area contributed by atoms with Crippen molar-refractivity contribution in [3.8, 4) is 12.3 Å². The second kappa shape index (κ2) is 8.53. The Bertz CT molecular complexity index is 1570. The zero-order valence-electron chi connectivity index (χ0n) is 17.9. The Kier molecular flexibility index (Phi) is 6.05. The van der Waals surface area contributed by atoms with E-state index in [2.05, 4.69) is 10.9 Å². The van der Waals surface area contributed by atoms with Gasteiger partial charge in [-0.1, -0.05) is 17.3 Å². The summed E-state index contributed by atoms with van der Waals surface area (Å²) < 4.78 is 52.7. The number of hydrogen-bond donors (Lipinski definition) is 0. The molecule has 1 fully saturated rings. The van der Waals surface area contributed by atoms with Crippen LogP contribution in [0.2, 0.25) is 0 Å². The number of sulfonamides is 1. The Morgan fingerprint density at radius 2 is 1.79 bits per heavy atom. The summed E-state index contributed by atoms with van der Waals surface area (Å²) in [7, 11) is -5.44. The minimum absolute atomic E-state index is 0.0362. The molecular formula is C22H21N3O5S3. The van der Waals surface area contributed by atoms with Crippen LogP contribution in [0.4, 0.5) is 0 Å². The third-order valence-electron chi connectivity index (χ3n) is 5.37. The lowest BCUT2D eigenvalue weighted by molar-refractivity contribution is 0.0997. The molecule has 33 heavy (non-hydrogen) atoms. The Morgan fingerprint density at radius 1 is 1.15 bits per heavy atom. The van der Waals surface area contributed by atoms with Gasteiger partial charge in [-0.3, -0.25) is 4.79 Å². The first-order valence-corrected chi connectivity index (χ1v) is 14.1. The summed E-state index contributed by atoms with van der Waals surface area (Å²) in [6.07, 6.45) is 8.30. The predicted molar refractivity (Wildman–Crippen MR) is 126 cm³/mol. The highest BCUT2D eigenvalue weighted by Crippen LogP contribution is 2.30. The average Bonchev–Trinajstić information content (AvgIpc) is 3.56. The Morgan fingerprint density at radius 3 is 2.36 bits per heavy atom. The molecule has 3 aromatic rings. The first-order valence-electron chi connectivity index (χ1n) is 9.96. The van der Waals surface area contributed by atoms with Crippen LogP contribution in [0, 0.1) is 12.3 Å². The number of nitrogens with zero attached hydrogens (tertiary/aromatic N) is 3. The van der Waals surface area contributed by atoms with Gasteiger partial charge in [-0.05, 0) is 55.3 Å². The third kappa shape index (κ3) is 4.65. The van der Waals surface area contributed by atoms with E-state index in [1.165, 1.54) is 40.7 Å². The first kappa shape index (κ1) is 23.4. The van der Waals surface area contributed by atoms with Gasteiger partial charge in [0.1, 0.15) is 0 Å². The second-order valence-electron chi connectivity index (χ2n) is 7.77. The molecule has 1 amide bonds. The standard InChI is InChI=1S/C22H21N3O5S3/c1-4-13-25-19-12-11-18(32(3,27)28)14-20(19)31-22(25)23-21(26)15-5-9-17(10-6-15)33(29,30)24(2)16-7-8-16/h1,5-6,9-12,14,16H,7-8,13H2,2-3H3. The van der Waals surface area contributed by atoms with E-state index < -0.39 is 25.8 Å². The zero-order chi connectivity index (χ0) is 24.0. The number of thiazole rings is 1. The van der Waals surface area contributed by atoms with Crippen LogP contribution in [0.25, 0.3) is 10.2 Å². The van der Waals surface area contributed by atoms with Crippen LogP contribution in [-0.2, 0) is 26.4 Å². The number of hydrogen-bond acceptors (Lipinski definition) is 6. The number of terminal acetylenes is 1. The molecule has 1 aromatic heterocycles. The smallest absolute Gasteiger partial charge is 0.279 e. The van der Waals surface area contributed by atoms with Crippen LogP contribution >= 0.6 is 11.3 Å². The van der Waals surface area contributed by atoms with Crippen LogP contribution in [0.5, 0.6) is 0 Å². The van der Waals surface area contributed by atoms with Gasteiger partial charge >= 0.3 is 0 Å². The van der Waals surface area contributed by atoms with Crippen molar-refractivity contribution in [2.45, 2.75) is 35.2 Å². The van der Waals surface area contributed by atoms with Crippen LogP contribution < -0.4 is 4.80 Å². The quantitative estimate of drug-likeness (QED) is 0.480. The molecule has 0 spiro atoms. The van der Waals surface area contributed by atoms with Gasteiger partial charge in [-0.2, -0.15) is 9.30 Å². The SMILES string of the molecule is C#CCn1c(=NC(=O)c2ccc(S(=O)(=O)N(C)C3CC3)cc2)sc2cc(S(C)(=O)=O)ccc21. The van der Waals surface area contributed by atoms with E-state index in [1.54, 1.807) is 17.7 Å². The van der Waals surface area contributed by atoms with Crippen molar-refractivity contribution in [3.05, 3.63) is 52.8 Å². The van der Waals surface area contributed by atoms with Crippen molar-refractivity contribution in [3.63, 3.8) is 0 Å². The van der Waals surface area contributed by atoms with Crippen molar-refractivity contribution in [2.24, 2.45) is 4.99 Å². The summed E-state index contributed by atoms with van der Waals surface area (Å²) >= 11 is 1.15. The summed E-state index contributed by atoms with van der Waals surface area (Å²) in [5.74, 6) is 1.96. The molecule has 172 valence electrons. The average molecular weight is 504 g/mol. The number of carbonyl (C=O) groups is 1. The summed E-state index contributed by atoms with van der Waals surface area (Å²) in [5.41, 5.74) is 0.894. The number of aromatic nitrogens is 1. The fourth-order valence-corrected chi connectivity index (χ4v) is 6.54. The van der Waals surface area contributed by atoms with Gasteiger partial charge in [0.15, 0.2) is 14.6 Å². The summed E-state index contributed by atoms with van der Waals surface area (Å²) in [6, 6.07) is 10.3. The van der Waals surface area contributed by atoms with Gasteiger partial charge in [0, 0.05) is 24.9 Å². The van der Waals surface area contributed by atoms with Crippen molar-refractivity contribution < 1.29 is 21.6 Å². The Hall–Kier alpha value is -2.78. The van der Waals surface area contributed by atoms with Gasteiger partial charge in [0.25, 0.3) is 5.91 Å². The lowest BCUT2D eigenvalue weighted by Crippen LogP contribution is -2.28. The number of amides is 1. The number of rotatable bonds is 6. The summed E-state index contributed by atoms with van der Waals surface area (Å²) in [5, 5.41) is 0. The lowest BCUT2D eigenvalue weighted by Gasteiger charge is -2.16. The van der Waals surface area contributed by atoms with Crippen molar-refractivity contribution in [1.82, 2.24) is 8.87 Å². The molecule has 11 heteroatoms. The monoisotopic (exact) mass is 503 g/mol. The molecule has 0 N–H and O–H groups in total. The molecule has 0 unspecified atom stereocenters. The highest BCUT2D eigenvalue weighted by atomic mass is 32.2. The molecule has 0 atom stereocenters. The number of fused-ring (bicyclic) bond motifs is 1. The molecule has 4 rings (SSSR count). The van der Waals surface area contributed by atoms with Crippen molar-refractivity contribution in [1.29, 1.82) is 0 Å². The molecule has 1 aliphatic carbocycles. The highest BCUT2D eigenvalue weighted by molar-refractivity contribution is 7.90. The fraction of sp³-hybridized carbons (Fsp3) is 0.273. The largest absolute Gasteiger partial charge is 0.305 e. The van der Waals surface area contributed by atoms with Crippen LogP contribution in [0.3, 0.4) is 0 Å². The maximum Gasteiger partial charge on any atom is 0.279 e. The maximum absolute atomic E-state index is 12.8. The zero-order valence-corrected chi connectivity index (χ0v) is 20.4. The highest BCUT2D eigenvalue weighted by Gasteiger charge is 2.35. The third-order valence-corrected chi connectivity index (χ3v) is 9.44. The Balaban J connectivity index is 1.71. The normalized spacial score (nSPS) is 15.2. The van der Waals surface area contributed by atoms with Crippen molar-refractivity contribution >= 4 is 47.3 Å². The minimum Gasteiger partial charge on any atom is -0.305 e. The molecule has 8 nitrogen and oxygen atoms in total. The summed E-state index contributed by atoms with van der Waals surface area (Å²) in [4.78, 5) is 17.6. The minimum atomic E-state index is -3.61. The van der Waals surface area contributed by atoms with Gasteiger partial charge in [0.2, 0.25) is 10.0 Å². The van der Waals surface area contributed by atoms with Gasteiger partial charge < -0.3 is 4.57 Å². The number of sulfone groups is 1. The Labute approximate surface area is 196 Å². The number of carbonyl (C=O) groups excluding carboxylic acids is 1. The topological polar surface area (TPSA) is 106 Å². The molecule has 0 aliphatic heterocycles. The van der Waals surface area contributed by atoms with E-state index in [0.717, 1.165) is 30.4 Å². The second-order valence-corrected chi connectivity index (χ2v) is 12.8. The van der Waals surface area contributed by atoms with E-state index >= 15 is 0 Å². The molecule has 2 aromatic carbocycles. The van der Waals surface area contributed by atoms with E-state index in [-0.39, 0.29) is 27.9 Å².